The lowest BCUT2D eigenvalue weighted by Crippen LogP contribution is -2.35. The van der Waals surface area contributed by atoms with Crippen LogP contribution in [0.3, 0.4) is 0 Å². The summed E-state index contributed by atoms with van der Waals surface area (Å²) in [7, 11) is -3.51. The molecule has 1 aliphatic rings. The summed E-state index contributed by atoms with van der Waals surface area (Å²) in [6, 6.07) is 15.1. The number of benzene rings is 2. The molecule has 0 aliphatic carbocycles. The zero-order valence-electron chi connectivity index (χ0n) is 14.4. The number of rotatable bonds is 6. The summed E-state index contributed by atoms with van der Waals surface area (Å²) in [5.41, 5.74) is 3.12. The van der Waals surface area contributed by atoms with E-state index in [1.807, 2.05) is 43.3 Å². The van der Waals surface area contributed by atoms with Gasteiger partial charge in [0.2, 0.25) is 0 Å². The van der Waals surface area contributed by atoms with Crippen molar-refractivity contribution in [1.29, 1.82) is 0 Å². The lowest BCUT2D eigenvalue weighted by molar-refractivity contribution is 0.584. The number of hydrogen-bond acceptors (Lipinski definition) is 2. The summed E-state index contributed by atoms with van der Waals surface area (Å²) in [5.74, 6) is 0. The van der Waals surface area contributed by atoms with Crippen LogP contribution in [0.25, 0.3) is 0 Å². The van der Waals surface area contributed by atoms with E-state index >= 15 is 0 Å². The normalized spacial score (nSPS) is 17.1. The fraction of sp³-hybridized carbons (Fsp3) is 0.400. The fourth-order valence-corrected chi connectivity index (χ4v) is 5.12. The molecule has 2 aromatic carbocycles. The number of sulfonamides is 1. The molecule has 1 atom stereocenters. The Hall–Kier alpha value is -1.81. The van der Waals surface area contributed by atoms with E-state index in [9.17, 15) is 8.42 Å². The maximum absolute atomic E-state index is 13.1. The Morgan fingerprint density at radius 3 is 2.46 bits per heavy atom. The second-order valence-corrected chi connectivity index (χ2v) is 8.40. The van der Waals surface area contributed by atoms with Crippen LogP contribution in [0.2, 0.25) is 0 Å². The molecular weight excluding hydrogens is 318 g/mol. The fourth-order valence-electron chi connectivity index (χ4n) is 3.42. The van der Waals surface area contributed by atoms with E-state index in [1.165, 1.54) is 18.4 Å². The molecular formula is C20H25NO2S. The molecule has 0 radical (unpaired) electrons. The van der Waals surface area contributed by atoms with Gasteiger partial charge in [0.05, 0.1) is 10.6 Å². The van der Waals surface area contributed by atoms with Crippen molar-refractivity contribution in [1.82, 2.24) is 0 Å². The number of fused-ring (bicyclic) bond motifs is 1. The lowest BCUT2D eigenvalue weighted by Gasteiger charge is -2.24. The lowest BCUT2D eigenvalue weighted by atomic mass is 10.1. The van der Waals surface area contributed by atoms with Crippen LogP contribution in [0.4, 0.5) is 5.69 Å². The first-order chi connectivity index (χ1) is 11.5. The third-order valence-corrected chi connectivity index (χ3v) is 6.64. The molecule has 0 amide bonds. The van der Waals surface area contributed by atoms with Crippen LogP contribution in [0.15, 0.2) is 53.4 Å². The first-order valence-corrected chi connectivity index (χ1v) is 10.2. The van der Waals surface area contributed by atoms with Crippen molar-refractivity contribution in [3.05, 3.63) is 59.7 Å². The standard InChI is InChI=1S/C20H25NO2S/c1-3-4-5-8-17-11-13-19(14-12-17)24(22,23)21-16(2)15-18-9-6-7-10-20(18)21/h6-7,9-14,16H,3-5,8,15H2,1-2H3. The van der Waals surface area contributed by atoms with E-state index in [2.05, 4.69) is 6.92 Å². The zero-order valence-corrected chi connectivity index (χ0v) is 15.2. The number of anilines is 1. The molecule has 3 rings (SSSR count). The Morgan fingerprint density at radius 2 is 1.75 bits per heavy atom. The zero-order chi connectivity index (χ0) is 17.2. The average Bonchev–Trinajstić information content (AvgIpc) is 2.92. The molecule has 24 heavy (non-hydrogen) atoms. The van der Waals surface area contributed by atoms with Gasteiger partial charge in [-0.15, -0.1) is 0 Å². The molecule has 0 bridgehead atoms. The van der Waals surface area contributed by atoms with Crippen molar-refractivity contribution in [2.24, 2.45) is 0 Å². The van der Waals surface area contributed by atoms with E-state index in [0.717, 1.165) is 30.5 Å². The quantitative estimate of drug-likeness (QED) is 0.721. The molecule has 0 aromatic heterocycles. The van der Waals surface area contributed by atoms with Gasteiger partial charge in [0.1, 0.15) is 0 Å². The van der Waals surface area contributed by atoms with Gasteiger partial charge in [0.15, 0.2) is 0 Å². The number of nitrogens with zero attached hydrogens (tertiary/aromatic N) is 1. The highest BCUT2D eigenvalue weighted by Crippen LogP contribution is 2.36. The average molecular weight is 343 g/mol. The first-order valence-electron chi connectivity index (χ1n) is 8.75. The molecule has 0 saturated heterocycles. The first kappa shape index (κ1) is 17.0. The van der Waals surface area contributed by atoms with Crippen molar-refractivity contribution in [2.75, 3.05) is 4.31 Å². The van der Waals surface area contributed by atoms with Crippen LogP contribution in [-0.2, 0) is 22.9 Å². The van der Waals surface area contributed by atoms with E-state index in [-0.39, 0.29) is 6.04 Å². The van der Waals surface area contributed by atoms with Crippen LogP contribution in [0.5, 0.6) is 0 Å². The summed E-state index contributed by atoms with van der Waals surface area (Å²) in [4.78, 5) is 0.380. The SMILES string of the molecule is CCCCCc1ccc(S(=O)(=O)N2c3ccccc3CC2C)cc1. The van der Waals surface area contributed by atoms with Crippen LogP contribution < -0.4 is 4.31 Å². The third-order valence-electron chi connectivity index (χ3n) is 4.69. The highest BCUT2D eigenvalue weighted by molar-refractivity contribution is 7.92. The van der Waals surface area contributed by atoms with Gasteiger partial charge in [0, 0.05) is 6.04 Å². The van der Waals surface area contributed by atoms with Gasteiger partial charge in [-0.05, 0) is 55.5 Å². The highest BCUT2D eigenvalue weighted by atomic mass is 32.2. The largest absolute Gasteiger partial charge is 0.264 e. The van der Waals surface area contributed by atoms with E-state index < -0.39 is 10.0 Å². The van der Waals surface area contributed by atoms with E-state index in [1.54, 1.807) is 16.4 Å². The molecule has 0 saturated carbocycles. The van der Waals surface area contributed by atoms with Gasteiger partial charge >= 0.3 is 0 Å². The number of para-hydroxylation sites is 1. The topological polar surface area (TPSA) is 37.4 Å². The van der Waals surface area contributed by atoms with Gasteiger partial charge in [0.25, 0.3) is 10.0 Å². The Balaban J connectivity index is 1.86. The molecule has 0 fully saturated rings. The Morgan fingerprint density at radius 1 is 1.04 bits per heavy atom. The van der Waals surface area contributed by atoms with Crippen LogP contribution >= 0.6 is 0 Å². The maximum Gasteiger partial charge on any atom is 0.264 e. The summed E-state index contributed by atoms with van der Waals surface area (Å²) in [6.45, 7) is 4.15. The van der Waals surface area contributed by atoms with Crippen molar-refractivity contribution < 1.29 is 8.42 Å². The van der Waals surface area contributed by atoms with Crippen molar-refractivity contribution in [2.45, 2.75) is 56.9 Å². The third kappa shape index (κ3) is 3.20. The summed E-state index contributed by atoms with van der Waals surface area (Å²) in [5, 5.41) is 0. The molecule has 1 unspecified atom stereocenters. The van der Waals surface area contributed by atoms with E-state index in [0.29, 0.717) is 4.90 Å². The molecule has 0 spiro atoms. The summed E-state index contributed by atoms with van der Waals surface area (Å²) >= 11 is 0. The Bertz CT molecular complexity index is 797. The molecule has 3 nitrogen and oxygen atoms in total. The molecule has 128 valence electrons. The van der Waals surface area contributed by atoms with Gasteiger partial charge in [-0.25, -0.2) is 8.42 Å². The van der Waals surface area contributed by atoms with Crippen LogP contribution in [0, 0.1) is 0 Å². The monoisotopic (exact) mass is 343 g/mol. The maximum atomic E-state index is 13.1. The van der Waals surface area contributed by atoms with Crippen molar-refractivity contribution in [3.63, 3.8) is 0 Å². The van der Waals surface area contributed by atoms with Crippen molar-refractivity contribution in [3.8, 4) is 0 Å². The minimum absolute atomic E-state index is 0.0448. The predicted molar refractivity (Wildman–Crippen MR) is 98.9 cm³/mol. The molecule has 4 heteroatoms. The molecule has 1 aliphatic heterocycles. The van der Waals surface area contributed by atoms with Gasteiger partial charge in [-0.1, -0.05) is 50.1 Å². The highest BCUT2D eigenvalue weighted by Gasteiger charge is 2.35. The second-order valence-electron chi connectivity index (χ2n) is 6.58. The van der Waals surface area contributed by atoms with Gasteiger partial charge in [-0.3, -0.25) is 4.31 Å². The van der Waals surface area contributed by atoms with Gasteiger partial charge < -0.3 is 0 Å². The van der Waals surface area contributed by atoms with Crippen LogP contribution in [-0.4, -0.2) is 14.5 Å². The Labute approximate surface area is 145 Å². The van der Waals surface area contributed by atoms with E-state index in [4.69, 9.17) is 0 Å². The molecule has 1 heterocycles. The summed E-state index contributed by atoms with van der Waals surface area (Å²) in [6.07, 6.45) is 5.33. The molecule has 0 N–H and O–H groups in total. The van der Waals surface area contributed by atoms with Crippen LogP contribution in [0.1, 0.15) is 44.2 Å². The molecule has 2 aromatic rings. The number of aryl methyl sites for hydroxylation is 1. The number of hydrogen-bond donors (Lipinski definition) is 0. The minimum Gasteiger partial charge on any atom is -0.263 e. The predicted octanol–water partition coefficient (Wildman–Crippen LogP) is 4.56. The second kappa shape index (κ2) is 6.98. The Kier molecular flexibility index (Phi) is 4.95. The smallest absolute Gasteiger partial charge is 0.263 e. The number of unbranched alkanes of at least 4 members (excludes halogenated alkanes) is 2. The van der Waals surface area contributed by atoms with Gasteiger partial charge in [-0.2, -0.15) is 0 Å². The van der Waals surface area contributed by atoms with Crippen molar-refractivity contribution >= 4 is 15.7 Å². The summed E-state index contributed by atoms with van der Waals surface area (Å²) < 4.78 is 27.8. The minimum atomic E-state index is -3.51.